The van der Waals surface area contributed by atoms with Gasteiger partial charge in [0.15, 0.2) is 0 Å². The first-order valence-corrected chi connectivity index (χ1v) is 7.91. The number of likely N-dealkylation sites (tertiary alicyclic amines) is 1. The van der Waals surface area contributed by atoms with Crippen LogP contribution >= 0.6 is 0 Å². The lowest BCUT2D eigenvalue weighted by molar-refractivity contribution is -0.144. The zero-order valence-electron chi connectivity index (χ0n) is 12.4. The lowest BCUT2D eigenvalue weighted by Gasteiger charge is -2.47. The smallest absolute Gasteiger partial charge is 0.307 e. The van der Waals surface area contributed by atoms with E-state index in [9.17, 15) is 9.90 Å². The number of benzene rings is 1. The minimum atomic E-state index is -0.667. The Morgan fingerprint density at radius 2 is 2.27 bits per heavy atom. The van der Waals surface area contributed by atoms with Crippen LogP contribution in [0.1, 0.15) is 35.1 Å². The molecule has 1 aromatic heterocycles. The van der Waals surface area contributed by atoms with Gasteiger partial charge in [-0.1, -0.05) is 18.2 Å². The summed E-state index contributed by atoms with van der Waals surface area (Å²) in [5.41, 5.74) is 5.18. The van der Waals surface area contributed by atoms with E-state index in [4.69, 9.17) is 0 Å². The lowest BCUT2D eigenvalue weighted by Crippen LogP contribution is -2.50. The molecule has 2 N–H and O–H groups in total. The zero-order valence-corrected chi connectivity index (χ0v) is 12.4. The number of aromatic amines is 1. The Bertz CT molecular complexity index is 835. The summed E-state index contributed by atoms with van der Waals surface area (Å²) in [5, 5.41) is 10.8. The molecule has 0 bridgehead atoms. The van der Waals surface area contributed by atoms with Crippen LogP contribution in [0, 0.1) is 5.92 Å². The van der Waals surface area contributed by atoms with E-state index in [-0.39, 0.29) is 5.92 Å². The highest BCUT2D eigenvalue weighted by atomic mass is 16.4. The molecule has 0 spiro atoms. The van der Waals surface area contributed by atoms with Crippen LogP contribution in [0.5, 0.6) is 0 Å². The normalized spacial score (nSPS) is 32.4. The summed E-state index contributed by atoms with van der Waals surface area (Å²) in [6.07, 6.45) is 5.24. The lowest BCUT2D eigenvalue weighted by atomic mass is 9.68. The van der Waals surface area contributed by atoms with Crippen LogP contribution in [-0.4, -0.2) is 40.6 Å². The van der Waals surface area contributed by atoms with Gasteiger partial charge in [-0.2, -0.15) is 0 Å². The second-order valence-electron chi connectivity index (χ2n) is 6.91. The van der Waals surface area contributed by atoms with Gasteiger partial charge in [0.25, 0.3) is 0 Å². The van der Waals surface area contributed by atoms with Gasteiger partial charge in [-0.05, 0) is 36.7 Å². The van der Waals surface area contributed by atoms with Crippen molar-refractivity contribution in [3.05, 3.63) is 41.1 Å². The second kappa shape index (κ2) is 4.02. The Hall–Kier alpha value is -2.07. The standard InChI is InChI=1S/C18H18N2O2/c1-20-8-9(18(21)22)7-12-10-3-2-4-13-15(10)16-11(17(12)20)5-6-14(16)19-13/h2-6,9,11-12,17,19H,7-8H2,1H3,(H,21,22)/t9-,11?,12?,17-/m1/s1. The molecule has 112 valence electrons. The van der Waals surface area contributed by atoms with Crippen molar-refractivity contribution in [3.63, 3.8) is 0 Å². The molecule has 2 heterocycles. The van der Waals surface area contributed by atoms with E-state index in [1.54, 1.807) is 0 Å². The first-order chi connectivity index (χ1) is 10.6. The molecule has 2 aromatic rings. The molecule has 2 aliphatic carbocycles. The molecule has 1 saturated heterocycles. The molecular weight excluding hydrogens is 276 g/mol. The number of aromatic nitrogens is 1. The third-order valence-electron chi connectivity index (χ3n) is 5.81. The number of fused-ring (bicyclic) bond motifs is 3. The quantitative estimate of drug-likeness (QED) is 0.850. The third-order valence-corrected chi connectivity index (χ3v) is 5.81. The summed E-state index contributed by atoms with van der Waals surface area (Å²) >= 11 is 0. The van der Waals surface area contributed by atoms with E-state index in [1.165, 1.54) is 27.7 Å². The number of likely N-dealkylation sites (N-methyl/N-ethyl adjacent to an activating group) is 1. The van der Waals surface area contributed by atoms with Crippen LogP contribution in [0.25, 0.3) is 17.0 Å². The summed E-state index contributed by atoms with van der Waals surface area (Å²) in [4.78, 5) is 17.3. The van der Waals surface area contributed by atoms with Crippen LogP contribution in [-0.2, 0) is 4.79 Å². The number of hydrogen-bond acceptors (Lipinski definition) is 2. The Morgan fingerprint density at radius 3 is 3.09 bits per heavy atom. The maximum absolute atomic E-state index is 11.5. The molecule has 0 radical (unpaired) electrons. The predicted molar refractivity (Wildman–Crippen MR) is 85.0 cm³/mol. The van der Waals surface area contributed by atoms with Gasteiger partial charge in [0, 0.05) is 41.0 Å². The van der Waals surface area contributed by atoms with Gasteiger partial charge in [0.1, 0.15) is 0 Å². The van der Waals surface area contributed by atoms with Crippen molar-refractivity contribution in [2.75, 3.05) is 13.6 Å². The van der Waals surface area contributed by atoms with Crippen LogP contribution in [0.2, 0.25) is 0 Å². The number of hydrogen-bond donors (Lipinski definition) is 2. The molecular formula is C18H18N2O2. The fourth-order valence-electron chi connectivity index (χ4n) is 5.00. The number of carboxylic acids is 1. The molecule has 4 heteroatoms. The highest BCUT2D eigenvalue weighted by Crippen LogP contribution is 2.53. The first-order valence-electron chi connectivity index (χ1n) is 7.91. The minimum Gasteiger partial charge on any atom is -0.481 e. The van der Waals surface area contributed by atoms with Gasteiger partial charge in [0.2, 0.25) is 0 Å². The molecule has 22 heavy (non-hydrogen) atoms. The molecule has 1 aliphatic heterocycles. The third kappa shape index (κ3) is 1.38. The van der Waals surface area contributed by atoms with Gasteiger partial charge < -0.3 is 15.0 Å². The number of nitrogens with zero attached hydrogens (tertiary/aromatic N) is 1. The second-order valence-corrected chi connectivity index (χ2v) is 6.91. The fraction of sp³-hybridized carbons (Fsp3) is 0.389. The Labute approximate surface area is 128 Å². The van der Waals surface area contributed by atoms with Crippen LogP contribution < -0.4 is 0 Å². The van der Waals surface area contributed by atoms with E-state index in [0.29, 0.717) is 24.4 Å². The predicted octanol–water partition coefficient (Wildman–Crippen LogP) is 2.78. The summed E-state index contributed by atoms with van der Waals surface area (Å²) in [6, 6.07) is 6.79. The summed E-state index contributed by atoms with van der Waals surface area (Å²) < 4.78 is 0. The Kier molecular flexibility index (Phi) is 2.28. The Balaban J connectivity index is 1.75. The van der Waals surface area contributed by atoms with Crippen LogP contribution in [0.15, 0.2) is 24.3 Å². The maximum atomic E-state index is 11.5. The molecule has 4 nitrogen and oxygen atoms in total. The van der Waals surface area contributed by atoms with Crippen molar-refractivity contribution in [3.8, 4) is 0 Å². The molecule has 0 saturated carbocycles. The first kappa shape index (κ1) is 12.5. The van der Waals surface area contributed by atoms with Crippen molar-refractivity contribution >= 4 is 22.9 Å². The summed E-state index contributed by atoms with van der Waals surface area (Å²) in [6.45, 7) is 0.645. The van der Waals surface area contributed by atoms with E-state index >= 15 is 0 Å². The van der Waals surface area contributed by atoms with Gasteiger partial charge >= 0.3 is 5.97 Å². The van der Waals surface area contributed by atoms with Gasteiger partial charge in [0.05, 0.1) is 5.92 Å². The Morgan fingerprint density at radius 1 is 1.41 bits per heavy atom. The van der Waals surface area contributed by atoms with Gasteiger partial charge in [-0.3, -0.25) is 4.79 Å². The monoisotopic (exact) mass is 294 g/mol. The highest BCUT2D eigenvalue weighted by molar-refractivity contribution is 5.94. The number of carbonyl (C=O) groups is 1. The summed E-state index contributed by atoms with van der Waals surface area (Å²) in [7, 11) is 2.08. The van der Waals surface area contributed by atoms with Crippen molar-refractivity contribution in [2.45, 2.75) is 24.3 Å². The average molecular weight is 294 g/mol. The van der Waals surface area contributed by atoms with E-state index in [2.05, 4.69) is 47.3 Å². The number of carboxylic acid groups (broad SMARTS) is 1. The van der Waals surface area contributed by atoms with Crippen molar-refractivity contribution in [1.29, 1.82) is 0 Å². The van der Waals surface area contributed by atoms with E-state index < -0.39 is 5.97 Å². The van der Waals surface area contributed by atoms with E-state index in [0.717, 1.165) is 6.42 Å². The molecule has 0 amide bonds. The highest BCUT2D eigenvalue weighted by Gasteiger charge is 2.47. The van der Waals surface area contributed by atoms with Crippen LogP contribution in [0.3, 0.4) is 0 Å². The van der Waals surface area contributed by atoms with Crippen LogP contribution in [0.4, 0.5) is 0 Å². The van der Waals surface area contributed by atoms with Crippen molar-refractivity contribution in [2.24, 2.45) is 5.92 Å². The molecule has 4 atom stereocenters. The molecule has 3 aliphatic rings. The molecule has 2 unspecified atom stereocenters. The number of piperidine rings is 1. The number of aliphatic carboxylic acids is 1. The summed E-state index contributed by atoms with van der Waals surface area (Å²) in [5.74, 6) is -0.248. The SMILES string of the molecule is CN1C[C@H](C(=O)O)CC2c3cccc4[nH]c5c(c34)C(C=C5)[C@H]21. The fourth-order valence-corrected chi connectivity index (χ4v) is 5.00. The van der Waals surface area contributed by atoms with Gasteiger partial charge in [-0.15, -0.1) is 0 Å². The molecule has 1 fully saturated rings. The molecule has 1 aromatic carbocycles. The number of rotatable bonds is 1. The zero-order chi connectivity index (χ0) is 15.0. The average Bonchev–Trinajstić information content (AvgIpc) is 3.05. The topological polar surface area (TPSA) is 56.3 Å². The maximum Gasteiger partial charge on any atom is 0.307 e. The molecule has 5 rings (SSSR count). The van der Waals surface area contributed by atoms with Gasteiger partial charge in [-0.25, -0.2) is 0 Å². The number of nitrogens with one attached hydrogen (secondary N) is 1. The van der Waals surface area contributed by atoms with E-state index in [1.807, 2.05) is 0 Å². The number of H-pyrrole nitrogens is 1. The van der Waals surface area contributed by atoms with Crippen molar-refractivity contribution in [1.82, 2.24) is 9.88 Å². The minimum absolute atomic E-state index is 0.271. The van der Waals surface area contributed by atoms with Crippen molar-refractivity contribution < 1.29 is 9.90 Å². The largest absolute Gasteiger partial charge is 0.481 e.